The summed E-state index contributed by atoms with van der Waals surface area (Å²) in [6.07, 6.45) is 3.93. The van der Waals surface area contributed by atoms with E-state index in [1.54, 1.807) is 0 Å². The van der Waals surface area contributed by atoms with Crippen LogP contribution in [0, 0.1) is 5.92 Å². The van der Waals surface area contributed by atoms with Gasteiger partial charge in [-0.1, -0.05) is 30.3 Å². The van der Waals surface area contributed by atoms with Crippen molar-refractivity contribution in [1.82, 2.24) is 15.3 Å². The number of piperidine rings is 1. The molecule has 2 N–H and O–H groups in total. The Morgan fingerprint density at radius 3 is 2.94 bits per heavy atom. The molecule has 0 radical (unpaired) electrons. The van der Waals surface area contributed by atoms with E-state index in [1.807, 2.05) is 40.6 Å². The third-order valence-corrected chi connectivity index (χ3v) is 7.09. The highest BCUT2D eigenvalue weighted by atomic mass is 32.1. The molecule has 3 aromatic rings. The van der Waals surface area contributed by atoms with Crippen LogP contribution in [0.15, 0.2) is 40.5 Å². The molecule has 0 aliphatic carbocycles. The van der Waals surface area contributed by atoms with Gasteiger partial charge in [-0.05, 0) is 31.2 Å². The highest BCUT2D eigenvalue weighted by molar-refractivity contribution is 7.17. The van der Waals surface area contributed by atoms with Gasteiger partial charge in [0, 0.05) is 37.2 Å². The Kier molecular flexibility index (Phi) is 5.74. The molecule has 5 rings (SSSR count). The number of ether oxygens (including phenoxy) is 1. The minimum Gasteiger partial charge on any atom is -0.376 e. The van der Waals surface area contributed by atoms with Crippen LogP contribution in [0.4, 0.5) is 5.95 Å². The molecule has 162 valence electrons. The summed E-state index contributed by atoms with van der Waals surface area (Å²) in [5.74, 6) is 0.487. The Morgan fingerprint density at radius 2 is 2.13 bits per heavy atom. The number of carbonyl (C=O) groups excluding carboxylic acids is 1. The quantitative estimate of drug-likeness (QED) is 0.639. The molecule has 31 heavy (non-hydrogen) atoms. The molecule has 2 atom stereocenters. The average molecular weight is 439 g/mol. The Bertz CT molecular complexity index is 1120. The normalized spacial score (nSPS) is 21.5. The Balaban J connectivity index is 1.36. The van der Waals surface area contributed by atoms with Crippen molar-refractivity contribution in [3.05, 3.63) is 46.1 Å². The van der Waals surface area contributed by atoms with Gasteiger partial charge < -0.3 is 15.0 Å². The minimum atomic E-state index is -0.128. The zero-order chi connectivity index (χ0) is 21.2. The zero-order valence-corrected chi connectivity index (χ0v) is 18.1. The van der Waals surface area contributed by atoms with Gasteiger partial charge in [0.05, 0.1) is 17.5 Å². The average Bonchev–Trinajstić information content (AvgIpc) is 3.48. The van der Waals surface area contributed by atoms with Crippen molar-refractivity contribution in [2.75, 3.05) is 31.1 Å². The fourth-order valence-corrected chi connectivity index (χ4v) is 5.34. The van der Waals surface area contributed by atoms with Crippen molar-refractivity contribution in [3.63, 3.8) is 0 Å². The number of rotatable bonds is 5. The van der Waals surface area contributed by atoms with Gasteiger partial charge in [-0.15, -0.1) is 11.3 Å². The van der Waals surface area contributed by atoms with Crippen molar-refractivity contribution in [3.8, 4) is 11.1 Å². The predicted molar refractivity (Wildman–Crippen MR) is 123 cm³/mol. The molecular formula is C23H26N4O3S. The van der Waals surface area contributed by atoms with Gasteiger partial charge in [0.15, 0.2) is 0 Å². The van der Waals surface area contributed by atoms with Crippen LogP contribution in [0.5, 0.6) is 0 Å². The number of nitrogens with zero attached hydrogens (tertiary/aromatic N) is 2. The van der Waals surface area contributed by atoms with Gasteiger partial charge in [0.25, 0.3) is 5.56 Å². The third-order valence-electron chi connectivity index (χ3n) is 6.12. The number of H-pyrrole nitrogens is 1. The van der Waals surface area contributed by atoms with E-state index in [4.69, 9.17) is 9.72 Å². The first-order chi connectivity index (χ1) is 15.2. The van der Waals surface area contributed by atoms with E-state index in [9.17, 15) is 9.59 Å². The lowest BCUT2D eigenvalue weighted by Crippen LogP contribution is -2.45. The second-order valence-electron chi connectivity index (χ2n) is 8.25. The number of thiophene rings is 1. The van der Waals surface area contributed by atoms with Crippen LogP contribution in [0.1, 0.15) is 25.7 Å². The summed E-state index contributed by atoms with van der Waals surface area (Å²) in [6.45, 7) is 2.68. The molecule has 2 aromatic heterocycles. The van der Waals surface area contributed by atoms with E-state index in [2.05, 4.69) is 10.3 Å². The molecular weight excluding hydrogens is 412 g/mol. The van der Waals surface area contributed by atoms with Crippen LogP contribution in [0.3, 0.4) is 0 Å². The van der Waals surface area contributed by atoms with Crippen molar-refractivity contribution in [1.29, 1.82) is 0 Å². The van der Waals surface area contributed by atoms with E-state index >= 15 is 0 Å². The van der Waals surface area contributed by atoms with Gasteiger partial charge in [-0.3, -0.25) is 14.6 Å². The van der Waals surface area contributed by atoms with Crippen molar-refractivity contribution >= 4 is 33.4 Å². The van der Waals surface area contributed by atoms with Gasteiger partial charge >= 0.3 is 0 Å². The maximum atomic E-state index is 12.7. The van der Waals surface area contributed by atoms with Crippen LogP contribution in [-0.2, 0) is 9.53 Å². The van der Waals surface area contributed by atoms with Crippen molar-refractivity contribution in [2.24, 2.45) is 5.92 Å². The maximum absolute atomic E-state index is 12.7. The SMILES string of the molecule is O=C(NC[C@@H]1CCCO1)[C@H]1CCCN(c2nc3c(-c4ccccc4)csc3c(=O)[nH]2)C1. The molecule has 0 spiro atoms. The number of amides is 1. The number of nitrogens with one attached hydrogen (secondary N) is 2. The zero-order valence-electron chi connectivity index (χ0n) is 17.3. The fraction of sp³-hybridized carbons (Fsp3) is 0.435. The highest BCUT2D eigenvalue weighted by Crippen LogP contribution is 2.32. The summed E-state index contributed by atoms with van der Waals surface area (Å²) in [4.78, 5) is 35.3. The first-order valence-electron chi connectivity index (χ1n) is 10.9. The first-order valence-corrected chi connectivity index (χ1v) is 11.8. The molecule has 8 heteroatoms. The number of aromatic nitrogens is 2. The minimum absolute atomic E-state index is 0.0594. The van der Waals surface area contributed by atoms with Crippen molar-refractivity contribution in [2.45, 2.75) is 31.8 Å². The molecule has 1 amide bonds. The number of benzene rings is 1. The topological polar surface area (TPSA) is 87.3 Å². The third kappa shape index (κ3) is 4.22. The second kappa shape index (κ2) is 8.80. The molecule has 2 fully saturated rings. The summed E-state index contributed by atoms with van der Waals surface area (Å²) in [6, 6.07) is 9.99. The molecule has 2 saturated heterocycles. The van der Waals surface area contributed by atoms with Crippen LogP contribution in [0.25, 0.3) is 21.3 Å². The molecule has 0 saturated carbocycles. The Morgan fingerprint density at radius 1 is 1.26 bits per heavy atom. The highest BCUT2D eigenvalue weighted by Gasteiger charge is 2.28. The van der Waals surface area contributed by atoms with E-state index in [1.165, 1.54) is 11.3 Å². The summed E-state index contributed by atoms with van der Waals surface area (Å²) < 4.78 is 6.23. The number of fused-ring (bicyclic) bond motifs is 1. The molecule has 0 unspecified atom stereocenters. The lowest BCUT2D eigenvalue weighted by atomic mass is 9.97. The van der Waals surface area contributed by atoms with Gasteiger partial charge in [-0.25, -0.2) is 4.98 Å². The monoisotopic (exact) mass is 438 g/mol. The molecule has 7 nitrogen and oxygen atoms in total. The van der Waals surface area contributed by atoms with E-state index in [-0.39, 0.29) is 23.5 Å². The van der Waals surface area contributed by atoms with E-state index < -0.39 is 0 Å². The van der Waals surface area contributed by atoms with E-state index in [0.717, 1.165) is 55.5 Å². The summed E-state index contributed by atoms with van der Waals surface area (Å²) in [5, 5.41) is 5.04. The van der Waals surface area contributed by atoms with Crippen LogP contribution >= 0.6 is 11.3 Å². The van der Waals surface area contributed by atoms with Gasteiger partial charge in [0.1, 0.15) is 4.70 Å². The Labute approximate surface area is 184 Å². The molecule has 1 aromatic carbocycles. The van der Waals surface area contributed by atoms with Crippen molar-refractivity contribution < 1.29 is 9.53 Å². The Hall–Kier alpha value is -2.71. The number of aromatic amines is 1. The summed E-state index contributed by atoms with van der Waals surface area (Å²) in [7, 11) is 0. The van der Waals surface area contributed by atoms with Crippen LogP contribution < -0.4 is 15.8 Å². The molecule has 4 heterocycles. The van der Waals surface area contributed by atoms with Gasteiger partial charge in [-0.2, -0.15) is 0 Å². The summed E-state index contributed by atoms with van der Waals surface area (Å²) >= 11 is 1.41. The van der Waals surface area contributed by atoms with E-state index in [0.29, 0.717) is 23.7 Å². The smallest absolute Gasteiger partial charge is 0.270 e. The predicted octanol–water partition coefficient (Wildman–Crippen LogP) is 3.16. The summed E-state index contributed by atoms with van der Waals surface area (Å²) in [5.41, 5.74) is 2.61. The van der Waals surface area contributed by atoms with Crippen LogP contribution in [0.2, 0.25) is 0 Å². The standard InChI is InChI=1S/C23H26N4O3S/c28-21(24-12-17-9-5-11-30-17)16-8-4-10-27(13-16)23-25-19-18(15-6-2-1-3-7-15)14-31-20(19)22(29)26-23/h1-3,6-7,14,16-17H,4-5,8-13H2,(H,24,28)(H,25,26,29)/t16-,17-/m0/s1. The second-order valence-corrected chi connectivity index (χ2v) is 9.13. The lowest BCUT2D eigenvalue weighted by Gasteiger charge is -2.32. The molecule has 2 aliphatic rings. The number of hydrogen-bond donors (Lipinski definition) is 2. The number of carbonyl (C=O) groups is 1. The maximum Gasteiger partial charge on any atom is 0.270 e. The van der Waals surface area contributed by atoms with Crippen LogP contribution in [-0.4, -0.2) is 48.2 Å². The largest absolute Gasteiger partial charge is 0.376 e. The molecule has 0 bridgehead atoms. The lowest BCUT2D eigenvalue weighted by molar-refractivity contribution is -0.125. The first kappa shape index (κ1) is 20.2. The number of hydrogen-bond acceptors (Lipinski definition) is 6. The molecule has 2 aliphatic heterocycles. The van der Waals surface area contributed by atoms with Gasteiger partial charge in [0.2, 0.25) is 11.9 Å². The fourth-order valence-electron chi connectivity index (χ4n) is 4.44. The number of anilines is 1.